The van der Waals surface area contributed by atoms with Gasteiger partial charge in [0.25, 0.3) is 0 Å². The lowest BCUT2D eigenvalue weighted by atomic mass is 10.1. The van der Waals surface area contributed by atoms with E-state index in [9.17, 15) is 44.1 Å². The van der Waals surface area contributed by atoms with Crippen LogP contribution in [0, 0.1) is 17.7 Å². The van der Waals surface area contributed by atoms with Gasteiger partial charge in [-0.1, -0.05) is 0 Å². The van der Waals surface area contributed by atoms with Crippen LogP contribution in [0.3, 0.4) is 0 Å². The lowest BCUT2D eigenvalue weighted by Gasteiger charge is -2.29. The Morgan fingerprint density at radius 1 is 0.929 bits per heavy atom. The second-order valence-electron chi connectivity index (χ2n) is 5.15. The Hall–Kier alpha value is -0.920. The Kier molecular flexibility index (Phi) is 6.45. The molecule has 0 saturated heterocycles. The van der Waals surface area contributed by atoms with Crippen LogP contribution in [0.2, 0.25) is 0 Å². The van der Waals surface area contributed by atoms with Crippen LogP contribution >= 0.6 is 31.9 Å². The number of alkyl halides is 7. The Balaban J connectivity index is 2.75. The van der Waals surface area contributed by atoms with Crippen LogP contribution in [-0.2, 0) is 11.2 Å². The van der Waals surface area contributed by atoms with Gasteiger partial charge in [-0.2, -0.15) is 22.0 Å². The van der Waals surface area contributed by atoms with E-state index < -0.39 is 56.2 Å². The summed E-state index contributed by atoms with van der Waals surface area (Å²) >= 11 is 1.22. The molecule has 0 amide bonds. The van der Waals surface area contributed by atoms with Crippen molar-refractivity contribution in [2.45, 2.75) is 22.2 Å². The van der Waals surface area contributed by atoms with Gasteiger partial charge in [-0.25, -0.2) is 8.78 Å². The zero-order valence-corrected chi connectivity index (χ0v) is 16.8. The Bertz CT molecular complexity index is 902. The molecule has 0 fully saturated rings. The van der Waals surface area contributed by atoms with Crippen molar-refractivity contribution in [2.75, 3.05) is 0 Å². The quantitative estimate of drug-likeness (QED) is 0.295. The summed E-state index contributed by atoms with van der Waals surface area (Å²) in [6.45, 7) is 0. The summed E-state index contributed by atoms with van der Waals surface area (Å²) in [5.41, 5.74) is -1.43. The molecule has 0 saturated carbocycles. The largest absolute Gasteiger partial charge is 0.606 e. The molecule has 0 spiro atoms. The second-order valence-corrected chi connectivity index (χ2v) is 8.29. The molecule has 0 N–H and O–H groups in total. The predicted octanol–water partition coefficient (Wildman–Crippen LogP) is 6.85. The first-order valence-corrected chi connectivity index (χ1v) is 9.45. The minimum absolute atomic E-state index is 0.250. The van der Waals surface area contributed by atoms with Crippen LogP contribution in [0.15, 0.2) is 38.1 Å². The third-order valence-corrected chi connectivity index (χ3v) is 5.77. The second kappa shape index (κ2) is 7.73. The van der Waals surface area contributed by atoms with E-state index in [-0.39, 0.29) is 8.95 Å². The maximum Gasteiger partial charge on any atom is 0.486 e. The smallest absolute Gasteiger partial charge is 0.486 e. The van der Waals surface area contributed by atoms with E-state index in [1.807, 2.05) is 0 Å². The lowest BCUT2D eigenvalue weighted by Crippen LogP contribution is -2.56. The number of benzene rings is 2. The third-order valence-electron chi connectivity index (χ3n) is 3.31. The highest BCUT2D eigenvalue weighted by Gasteiger charge is 2.80. The fourth-order valence-corrected chi connectivity index (χ4v) is 4.87. The molecular weight excluding hydrogens is 559 g/mol. The van der Waals surface area contributed by atoms with E-state index in [1.54, 1.807) is 0 Å². The molecule has 1 nitrogen and oxygen atoms in total. The van der Waals surface area contributed by atoms with Crippen LogP contribution in [0.4, 0.5) is 39.5 Å². The van der Waals surface area contributed by atoms with Crippen LogP contribution < -0.4 is 0 Å². The summed E-state index contributed by atoms with van der Waals surface area (Å²) in [5.74, 6) is -9.09. The Labute approximate surface area is 171 Å². The zero-order chi connectivity index (χ0) is 21.7. The van der Waals surface area contributed by atoms with Crippen LogP contribution in [0.25, 0.3) is 11.1 Å². The van der Waals surface area contributed by atoms with E-state index in [2.05, 4.69) is 37.9 Å². The van der Waals surface area contributed by atoms with Crippen LogP contribution in [-0.4, -0.2) is 21.9 Å². The van der Waals surface area contributed by atoms with Crippen molar-refractivity contribution in [1.82, 2.24) is 0 Å². The monoisotopic (exact) mass is 561 g/mol. The van der Waals surface area contributed by atoms with Crippen molar-refractivity contribution in [3.05, 3.63) is 50.9 Å². The molecule has 13 heteroatoms. The minimum atomic E-state index is -6.71. The van der Waals surface area contributed by atoms with Gasteiger partial charge in [0.15, 0.2) is 4.90 Å². The molecule has 153 valence electrons. The molecule has 0 heterocycles. The molecule has 1 atom stereocenters. The fraction of sp³-hybridized carbons (Fsp3) is 0.200. The van der Waals surface area contributed by atoms with E-state index >= 15 is 0 Å². The number of rotatable bonds is 4. The first-order valence-electron chi connectivity index (χ1n) is 6.72. The summed E-state index contributed by atoms with van der Waals surface area (Å²) in [5, 5.41) is -6.10. The van der Waals surface area contributed by atoms with Gasteiger partial charge in [-0.15, -0.1) is 8.78 Å². The van der Waals surface area contributed by atoms with Crippen LogP contribution in [0.5, 0.6) is 0 Å². The summed E-state index contributed by atoms with van der Waals surface area (Å²) in [7, 11) is 0. The van der Waals surface area contributed by atoms with E-state index in [4.69, 9.17) is 0 Å². The minimum Gasteiger partial charge on any atom is -0.606 e. The maximum absolute atomic E-state index is 14.1. The van der Waals surface area contributed by atoms with Gasteiger partial charge >= 0.3 is 17.4 Å². The van der Waals surface area contributed by atoms with Crippen molar-refractivity contribution in [3.8, 4) is 11.1 Å². The molecule has 0 aliphatic heterocycles. The predicted molar refractivity (Wildman–Crippen MR) is 88.4 cm³/mol. The highest BCUT2D eigenvalue weighted by molar-refractivity contribution is 9.11. The highest BCUT2D eigenvalue weighted by atomic mass is 79.9. The van der Waals surface area contributed by atoms with Crippen molar-refractivity contribution >= 4 is 43.0 Å². The molecule has 1 unspecified atom stereocenters. The first-order chi connectivity index (χ1) is 12.6. The van der Waals surface area contributed by atoms with Gasteiger partial charge in [0.1, 0.15) is 11.6 Å². The first kappa shape index (κ1) is 23.4. The fourth-order valence-electron chi connectivity index (χ4n) is 2.01. The number of hydrogen-bond donors (Lipinski definition) is 0. The maximum atomic E-state index is 14.1. The van der Waals surface area contributed by atoms with Crippen molar-refractivity contribution < 1.29 is 44.1 Å². The van der Waals surface area contributed by atoms with Crippen molar-refractivity contribution in [2.24, 2.45) is 0 Å². The van der Waals surface area contributed by atoms with Gasteiger partial charge < -0.3 is 4.55 Å². The molecular formula is C15H4Br2F9OS. The molecule has 28 heavy (non-hydrogen) atoms. The summed E-state index contributed by atoms with van der Waals surface area (Å²) in [6.07, 6.45) is -6.71. The average Bonchev–Trinajstić information content (AvgIpc) is 2.53. The summed E-state index contributed by atoms with van der Waals surface area (Å²) in [6, 6.07) is 4.62. The number of hydrogen-bond acceptors (Lipinski definition) is 1. The Morgan fingerprint density at radius 2 is 1.50 bits per heavy atom. The standard InChI is InChI=1S/C15H4Br2F9OS/c16-6-3-9(17)12(8-2-1-7(18)5-10(8)19)11(4-6)28(27)15(25,26)13(20,21)14(22,23)24/h1-2,4-5H. The molecule has 0 aliphatic carbocycles. The van der Waals surface area contributed by atoms with Gasteiger partial charge in [-0.05, 0) is 44.0 Å². The van der Waals surface area contributed by atoms with Crippen molar-refractivity contribution in [1.29, 1.82) is 0 Å². The number of halogens is 11. The highest BCUT2D eigenvalue weighted by Crippen LogP contribution is 2.52. The van der Waals surface area contributed by atoms with Gasteiger partial charge in [0.2, 0.25) is 0 Å². The van der Waals surface area contributed by atoms with Gasteiger partial charge in [0.05, 0.1) is 16.7 Å². The summed E-state index contributed by atoms with van der Waals surface area (Å²) in [4.78, 5) is -1.25. The van der Waals surface area contributed by atoms with E-state index in [0.29, 0.717) is 24.3 Å². The average molecular weight is 563 g/mol. The molecule has 2 aromatic carbocycles. The van der Waals surface area contributed by atoms with Crippen LogP contribution in [0.1, 0.15) is 0 Å². The van der Waals surface area contributed by atoms with E-state index in [0.717, 1.165) is 0 Å². The normalized spacial score (nSPS) is 14.3. The zero-order valence-electron chi connectivity index (χ0n) is 12.8. The topological polar surface area (TPSA) is 23.1 Å². The van der Waals surface area contributed by atoms with Gasteiger partial charge in [0, 0.05) is 32.7 Å². The van der Waals surface area contributed by atoms with Gasteiger partial charge in [-0.3, -0.25) is 0 Å². The molecule has 1 radical (unpaired) electrons. The Morgan fingerprint density at radius 3 is 2.00 bits per heavy atom. The molecule has 0 bridgehead atoms. The van der Waals surface area contributed by atoms with Crippen molar-refractivity contribution in [3.63, 3.8) is 0 Å². The molecule has 0 aromatic heterocycles. The third kappa shape index (κ3) is 4.03. The van der Waals surface area contributed by atoms with E-state index in [1.165, 1.54) is 0 Å². The SMILES string of the molecule is [O-][S+](c1cc(Br)[c]c(Br)c1-c1ccc(F)cc1F)C(F)(F)C(F)(F)C(F)(F)F. The summed E-state index contributed by atoms with van der Waals surface area (Å²) < 4.78 is 130. The lowest BCUT2D eigenvalue weighted by molar-refractivity contribution is -0.332. The molecule has 2 aromatic rings. The molecule has 0 aliphatic rings. The molecule has 2 rings (SSSR count).